The zero-order valence-electron chi connectivity index (χ0n) is 14.1. The maximum absolute atomic E-state index is 13.0. The van der Waals surface area contributed by atoms with Crippen LogP contribution in [0, 0.1) is 5.82 Å². The van der Waals surface area contributed by atoms with Crippen molar-refractivity contribution in [1.82, 2.24) is 0 Å². The number of ether oxygens (including phenoxy) is 3. The van der Waals surface area contributed by atoms with Crippen molar-refractivity contribution in [3.8, 4) is 11.5 Å². The van der Waals surface area contributed by atoms with E-state index in [2.05, 4.69) is 4.99 Å². The highest BCUT2D eigenvalue weighted by Crippen LogP contribution is 2.37. The number of benzene rings is 2. The number of aliphatic imine (C=N–C) groups is 1. The van der Waals surface area contributed by atoms with Gasteiger partial charge in [0.05, 0.1) is 18.7 Å². The van der Waals surface area contributed by atoms with Crippen molar-refractivity contribution in [2.75, 3.05) is 13.7 Å². The Balaban J connectivity index is 1.95. The summed E-state index contributed by atoms with van der Waals surface area (Å²) in [5, 5.41) is 0.354. The first-order valence-corrected chi connectivity index (χ1v) is 8.18. The normalized spacial score (nSPS) is 15.0. The summed E-state index contributed by atoms with van der Waals surface area (Å²) in [6.07, 6.45) is 1.53. The van der Waals surface area contributed by atoms with Crippen molar-refractivity contribution in [2.45, 2.75) is 6.92 Å². The van der Waals surface area contributed by atoms with Crippen molar-refractivity contribution >= 4 is 29.5 Å². The molecule has 0 aliphatic carbocycles. The van der Waals surface area contributed by atoms with Gasteiger partial charge in [0.25, 0.3) is 0 Å². The fraction of sp³-hybridized carbons (Fsp3) is 0.158. The van der Waals surface area contributed by atoms with Gasteiger partial charge in [-0.1, -0.05) is 11.6 Å². The van der Waals surface area contributed by atoms with Gasteiger partial charge in [0.15, 0.2) is 17.2 Å². The van der Waals surface area contributed by atoms with Crippen molar-refractivity contribution in [3.63, 3.8) is 0 Å². The third kappa shape index (κ3) is 3.70. The average Bonchev–Trinajstić information content (AvgIpc) is 2.98. The van der Waals surface area contributed by atoms with Crippen LogP contribution in [0.15, 0.2) is 47.1 Å². The standard InChI is InChI=1S/C19H15ClFNO4/c1-3-25-17-14(20)8-11(10-16(17)24-2)9-15-19(23)26-18(22-15)12-4-6-13(21)7-5-12/h4-10H,3H2,1-2H3/b15-9-. The van der Waals surface area contributed by atoms with Crippen LogP contribution in [0.4, 0.5) is 4.39 Å². The van der Waals surface area contributed by atoms with Crippen LogP contribution in [0.2, 0.25) is 5.02 Å². The van der Waals surface area contributed by atoms with E-state index in [9.17, 15) is 9.18 Å². The lowest BCUT2D eigenvalue weighted by atomic mass is 10.1. The smallest absolute Gasteiger partial charge is 0.363 e. The van der Waals surface area contributed by atoms with Gasteiger partial charge in [0, 0.05) is 5.56 Å². The Labute approximate surface area is 154 Å². The fourth-order valence-corrected chi connectivity index (χ4v) is 2.66. The molecule has 2 aromatic rings. The van der Waals surface area contributed by atoms with Gasteiger partial charge in [-0.05, 0) is 55.0 Å². The van der Waals surface area contributed by atoms with E-state index in [1.807, 2.05) is 6.92 Å². The molecule has 0 amide bonds. The molecule has 3 rings (SSSR count). The van der Waals surface area contributed by atoms with Crippen molar-refractivity contribution < 1.29 is 23.4 Å². The Morgan fingerprint density at radius 2 is 2.00 bits per heavy atom. The lowest BCUT2D eigenvalue weighted by Gasteiger charge is -2.11. The van der Waals surface area contributed by atoms with Gasteiger partial charge in [0.2, 0.25) is 5.90 Å². The number of hydrogen-bond donors (Lipinski definition) is 0. The fourth-order valence-electron chi connectivity index (χ4n) is 2.39. The molecule has 0 atom stereocenters. The van der Waals surface area contributed by atoms with Gasteiger partial charge in [-0.25, -0.2) is 14.2 Å². The van der Waals surface area contributed by atoms with Gasteiger partial charge in [-0.3, -0.25) is 0 Å². The van der Waals surface area contributed by atoms with Gasteiger partial charge in [0.1, 0.15) is 5.82 Å². The Morgan fingerprint density at radius 3 is 2.65 bits per heavy atom. The molecule has 0 saturated carbocycles. The van der Waals surface area contributed by atoms with E-state index in [4.69, 9.17) is 25.8 Å². The second kappa shape index (κ2) is 7.58. The molecule has 0 spiro atoms. The van der Waals surface area contributed by atoms with Crippen LogP contribution in [0.5, 0.6) is 11.5 Å². The van der Waals surface area contributed by atoms with E-state index < -0.39 is 5.97 Å². The van der Waals surface area contributed by atoms with Crippen LogP contribution >= 0.6 is 11.6 Å². The predicted molar refractivity (Wildman–Crippen MR) is 96.2 cm³/mol. The highest BCUT2D eigenvalue weighted by atomic mass is 35.5. The van der Waals surface area contributed by atoms with Crippen molar-refractivity contribution in [1.29, 1.82) is 0 Å². The highest BCUT2D eigenvalue weighted by molar-refractivity contribution is 6.32. The maximum Gasteiger partial charge on any atom is 0.363 e. The Morgan fingerprint density at radius 1 is 1.27 bits per heavy atom. The SMILES string of the molecule is CCOc1c(Cl)cc(/C=C2\N=C(c3ccc(F)cc3)OC2=O)cc1OC. The number of cyclic esters (lactones) is 1. The third-order valence-corrected chi connectivity index (χ3v) is 3.84. The molecule has 0 N–H and O–H groups in total. The Hall–Kier alpha value is -2.86. The molecule has 5 nitrogen and oxygen atoms in total. The van der Waals surface area contributed by atoms with Gasteiger partial charge < -0.3 is 14.2 Å². The summed E-state index contributed by atoms with van der Waals surface area (Å²) in [6, 6.07) is 8.83. The number of carbonyl (C=O) groups is 1. The molecule has 26 heavy (non-hydrogen) atoms. The molecule has 134 valence electrons. The Kier molecular flexibility index (Phi) is 5.23. The molecule has 7 heteroatoms. The van der Waals surface area contributed by atoms with Crippen molar-refractivity contribution in [2.24, 2.45) is 4.99 Å². The number of rotatable bonds is 5. The second-order valence-corrected chi connectivity index (χ2v) is 5.72. The molecule has 0 fully saturated rings. The zero-order chi connectivity index (χ0) is 18.7. The van der Waals surface area contributed by atoms with Crippen LogP contribution < -0.4 is 9.47 Å². The van der Waals surface area contributed by atoms with E-state index >= 15 is 0 Å². The lowest BCUT2D eigenvalue weighted by Crippen LogP contribution is -2.05. The maximum atomic E-state index is 13.0. The van der Waals surface area contributed by atoms with E-state index in [1.165, 1.54) is 37.5 Å². The number of methoxy groups -OCH3 is 1. The van der Waals surface area contributed by atoms with Gasteiger partial charge in [-0.15, -0.1) is 0 Å². The lowest BCUT2D eigenvalue weighted by molar-refractivity contribution is -0.129. The van der Waals surface area contributed by atoms with Crippen LogP contribution in [0.25, 0.3) is 6.08 Å². The summed E-state index contributed by atoms with van der Waals surface area (Å²) in [5.74, 6) is 0.00716. The molecule has 2 aromatic carbocycles. The summed E-state index contributed by atoms with van der Waals surface area (Å²) < 4.78 is 28.9. The monoisotopic (exact) mass is 375 g/mol. The molecular weight excluding hydrogens is 361 g/mol. The first kappa shape index (κ1) is 17.9. The number of halogens is 2. The van der Waals surface area contributed by atoms with Crippen LogP contribution in [-0.2, 0) is 9.53 Å². The molecule has 0 saturated heterocycles. The largest absolute Gasteiger partial charge is 0.493 e. The number of carbonyl (C=O) groups excluding carboxylic acids is 1. The summed E-state index contributed by atoms with van der Waals surface area (Å²) in [6.45, 7) is 2.28. The molecule has 0 aromatic heterocycles. The molecule has 1 aliphatic rings. The molecule has 0 bridgehead atoms. The van der Waals surface area contributed by atoms with E-state index in [-0.39, 0.29) is 17.4 Å². The number of hydrogen-bond acceptors (Lipinski definition) is 5. The molecule has 0 unspecified atom stereocenters. The Bertz CT molecular complexity index is 907. The predicted octanol–water partition coefficient (Wildman–Crippen LogP) is 4.23. The van der Waals surface area contributed by atoms with Crippen LogP contribution in [0.3, 0.4) is 0 Å². The topological polar surface area (TPSA) is 57.1 Å². The van der Waals surface area contributed by atoms with Gasteiger partial charge >= 0.3 is 5.97 Å². The minimum atomic E-state index is -0.603. The molecular formula is C19H15ClFNO4. The third-order valence-electron chi connectivity index (χ3n) is 3.56. The first-order valence-electron chi connectivity index (χ1n) is 7.80. The average molecular weight is 376 g/mol. The van der Waals surface area contributed by atoms with Crippen molar-refractivity contribution in [3.05, 3.63) is 64.1 Å². The van der Waals surface area contributed by atoms with E-state index in [0.717, 1.165) is 0 Å². The summed E-state index contributed by atoms with van der Waals surface area (Å²) >= 11 is 6.23. The molecule has 1 heterocycles. The van der Waals surface area contributed by atoms with Crippen LogP contribution in [-0.4, -0.2) is 25.6 Å². The number of nitrogens with zero attached hydrogens (tertiary/aromatic N) is 1. The molecule has 1 aliphatic heterocycles. The first-order chi connectivity index (χ1) is 12.5. The van der Waals surface area contributed by atoms with Gasteiger partial charge in [-0.2, -0.15) is 0 Å². The summed E-state index contributed by atoms with van der Waals surface area (Å²) in [4.78, 5) is 16.2. The quantitative estimate of drug-likeness (QED) is 0.579. The summed E-state index contributed by atoms with van der Waals surface area (Å²) in [5.41, 5.74) is 1.21. The highest BCUT2D eigenvalue weighted by Gasteiger charge is 2.24. The molecule has 0 radical (unpaired) electrons. The summed E-state index contributed by atoms with van der Waals surface area (Å²) in [7, 11) is 1.50. The minimum absolute atomic E-state index is 0.103. The number of esters is 1. The minimum Gasteiger partial charge on any atom is -0.493 e. The van der Waals surface area contributed by atoms with E-state index in [0.29, 0.717) is 34.3 Å². The van der Waals surface area contributed by atoms with Crippen LogP contribution in [0.1, 0.15) is 18.1 Å². The second-order valence-electron chi connectivity index (χ2n) is 5.31. The van der Waals surface area contributed by atoms with E-state index in [1.54, 1.807) is 12.1 Å². The zero-order valence-corrected chi connectivity index (χ0v) is 14.8.